The van der Waals surface area contributed by atoms with Crippen LogP contribution < -0.4 is 5.69 Å². The van der Waals surface area contributed by atoms with E-state index < -0.39 is 0 Å². The second kappa shape index (κ2) is 7.86. The molecule has 5 nitrogen and oxygen atoms in total. The molecule has 0 bridgehead atoms. The molecular weight excluding hydrogens is 380 g/mol. The van der Waals surface area contributed by atoms with Gasteiger partial charge in [0.15, 0.2) is 0 Å². The molecule has 1 aliphatic carbocycles. The van der Waals surface area contributed by atoms with Crippen molar-refractivity contribution in [3.8, 4) is 0 Å². The fraction of sp³-hybridized carbons (Fsp3) is 0.350. The van der Waals surface area contributed by atoms with Crippen LogP contribution in [0.1, 0.15) is 35.0 Å². The lowest BCUT2D eigenvalue weighted by molar-refractivity contribution is 0.181. The van der Waals surface area contributed by atoms with Crippen molar-refractivity contribution in [3.05, 3.63) is 62.5 Å². The van der Waals surface area contributed by atoms with E-state index in [0.717, 1.165) is 46.8 Å². The SMILES string of the molecule is CCOC(=O)SCc1nc(=O)n(Cc2ccccc2)c2c3c(sc12)CCC3. The van der Waals surface area contributed by atoms with Crippen LogP contribution in [-0.4, -0.2) is 21.5 Å². The van der Waals surface area contributed by atoms with Gasteiger partial charge in [0.2, 0.25) is 0 Å². The van der Waals surface area contributed by atoms with E-state index in [1.807, 2.05) is 30.3 Å². The second-order valence-electron chi connectivity index (χ2n) is 6.42. The predicted octanol–water partition coefficient (Wildman–Crippen LogP) is 4.38. The van der Waals surface area contributed by atoms with Gasteiger partial charge in [-0.05, 0) is 49.1 Å². The van der Waals surface area contributed by atoms with E-state index in [-0.39, 0.29) is 11.0 Å². The third-order valence-electron chi connectivity index (χ3n) is 4.66. The first-order valence-electron chi connectivity index (χ1n) is 9.04. The van der Waals surface area contributed by atoms with Crippen LogP contribution in [0, 0.1) is 0 Å². The van der Waals surface area contributed by atoms with E-state index in [1.165, 1.54) is 10.4 Å². The van der Waals surface area contributed by atoms with Gasteiger partial charge in [-0.15, -0.1) is 11.3 Å². The number of hydrogen-bond donors (Lipinski definition) is 0. The molecule has 0 saturated carbocycles. The maximum Gasteiger partial charge on any atom is 0.367 e. The Bertz CT molecular complexity index is 1040. The molecular formula is C20H20N2O3S2. The molecule has 0 spiro atoms. The number of thiophene rings is 1. The Morgan fingerprint density at radius 1 is 1.30 bits per heavy atom. The summed E-state index contributed by atoms with van der Waals surface area (Å²) in [4.78, 5) is 30.3. The van der Waals surface area contributed by atoms with Crippen molar-refractivity contribution >= 4 is 38.6 Å². The number of hydrogen-bond acceptors (Lipinski definition) is 6. The van der Waals surface area contributed by atoms with E-state index in [2.05, 4.69) is 4.98 Å². The topological polar surface area (TPSA) is 61.2 Å². The average molecular weight is 401 g/mol. The second-order valence-corrected chi connectivity index (χ2v) is 8.44. The molecule has 0 atom stereocenters. The first-order valence-corrected chi connectivity index (χ1v) is 10.8. The van der Waals surface area contributed by atoms with Crippen molar-refractivity contribution < 1.29 is 9.53 Å². The Balaban J connectivity index is 1.78. The van der Waals surface area contributed by atoms with E-state index in [1.54, 1.807) is 22.8 Å². The Morgan fingerprint density at radius 2 is 2.11 bits per heavy atom. The molecule has 0 saturated heterocycles. The summed E-state index contributed by atoms with van der Waals surface area (Å²) in [6, 6.07) is 9.98. The fourth-order valence-electron chi connectivity index (χ4n) is 3.49. The summed E-state index contributed by atoms with van der Waals surface area (Å²) in [7, 11) is 0. The van der Waals surface area contributed by atoms with Crippen LogP contribution in [-0.2, 0) is 29.9 Å². The standard InChI is InChI=1S/C20H20N2O3S2/c1-2-25-20(24)26-12-15-18-17(14-9-6-10-16(14)27-18)22(19(23)21-15)11-13-7-4-3-5-8-13/h3-5,7-8H,2,6,9-12H2,1H3. The minimum atomic E-state index is -0.329. The van der Waals surface area contributed by atoms with Crippen molar-refractivity contribution in [2.45, 2.75) is 38.5 Å². The van der Waals surface area contributed by atoms with Gasteiger partial charge < -0.3 is 4.74 Å². The van der Waals surface area contributed by atoms with Gasteiger partial charge in [0.05, 0.1) is 29.1 Å². The van der Waals surface area contributed by atoms with Crippen LogP contribution in [0.2, 0.25) is 0 Å². The van der Waals surface area contributed by atoms with Crippen molar-refractivity contribution in [2.24, 2.45) is 0 Å². The van der Waals surface area contributed by atoms with E-state index in [9.17, 15) is 9.59 Å². The molecule has 0 fully saturated rings. The summed E-state index contributed by atoms with van der Waals surface area (Å²) in [5.74, 6) is 0.357. The number of ether oxygens (including phenoxy) is 1. The minimum Gasteiger partial charge on any atom is -0.458 e. The monoisotopic (exact) mass is 400 g/mol. The number of rotatable bonds is 5. The van der Waals surface area contributed by atoms with Gasteiger partial charge in [-0.25, -0.2) is 9.59 Å². The van der Waals surface area contributed by atoms with Gasteiger partial charge in [0.1, 0.15) is 0 Å². The van der Waals surface area contributed by atoms with Crippen LogP contribution in [0.5, 0.6) is 0 Å². The van der Waals surface area contributed by atoms with Crippen LogP contribution >= 0.6 is 23.1 Å². The third-order valence-corrected chi connectivity index (χ3v) is 6.76. The number of aryl methyl sites for hydroxylation is 2. The van der Waals surface area contributed by atoms with Gasteiger partial charge in [-0.3, -0.25) is 4.57 Å². The summed E-state index contributed by atoms with van der Waals surface area (Å²) in [5.41, 5.74) is 3.81. The highest BCUT2D eigenvalue weighted by atomic mass is 32.2. The van der Waals surface area contributed by atoms with Crippen molar-refractivity contribution in [3.63, 3.8) is 0 Å². The lowest BCUT2D eigenvalue weighted by Crippen LogP contribution is -2.25. The van der Waals surface area contributed by atoms with Crippen LogP contribution in [0.15, 0.2) is 35.1 Å². The lowest BCUT2D eigenvalue weighted by atomic mass is 10.2. The molecule has 3 aromatic rings. The van der Waals surface area contributed by atoms with Crippen molar-refractivity contribution in [2.75, 3.05) is 6.61 Å². The van der Waals surface area contributed by atoms with Gasteiger partial charge in [-0.2, -0.15) is 4.98 Å². The number of carbonyl (C=O) groups excluding carboxylic acids is 1. The van der Waals surface area contributed by atoms with Crippen LogP contribution in [0.4, 0.5) is 4.79 Å². The summed E-state index contributed by atoms with van der Waals surface area (Å²) >= 11 is 2.79. The Morgan fingerprint density at radius 3 is 2.89 bits per heavy atom. The molecule has 0 radical (unpaired) electrons. The summed E-state index contributed by atoms with van der Waals surface area (Å²) in [6.45, 7) is 2.64. The molecule has 140 valence electrons. The molecule has 2 aromatic heterocycles. The number of carbonyl (C=O) groups is 1. The highest BCUT2D eigenvalue weighted by molar-refractivity contribution is 8.12. The Hall–Kier alpha value is -2.12. The van der Waals surface area contributed by atoms with Gasteiger partial charge in [-0.1, -0.05) is 30.3 Å². The number of fused-ring (bicyclic) bond motifs is 3. The molecule has 0 N–H and O–H groups in total. The zero-order valence-corrected chi connectivity index (χ0v) is 16.7. The zero-order valence-electron chi connectivity index (χ0n) is 15.1. The Labute approximate surface area is 165 Å². The smallest absolute Gasteiger partial charge is 0.367 e. The zero-order chi connectivity index (χ0) is 18.8. The summed E-state index contributed by atoms with van der Waals surface area (Å²) in [6.07, 6.45) is 3.18. The average Bonchev–Trinajstić information content (AvgIpc) is 3.25. The van der Waals surface area contributed by atoms with Gasteiger partial charge in [0.25, 0.3) is 0 Å². The van der Waals surface area contributed by atoms with Crippen molar-refractivity contribution in [1.82, 2.24) is 9.55 Å². The molecule has 27 heavy (non-hydrogen) atoms. The van der Waals surface area contributed by atoms with Crippen LogP contribution in [0.25, 0.3) is 10.2 Å². The summed E-state index contributed by atoms with van der Waals surface area (Å²) in [5, 5.41) is -0.329. The minimum absolute atomic E-state index is 0.252. The predicted molar refractivity (Wildman–Crippen MR) is 110 cm³/mol. The first kappa shape index (κ1) is 18.3. The maximum absolute atomic E-state index is 12.9. The molecule has 1 aliphatic rings. The number of benzene rings is 1. The van der Waals surface area contributed by atoms with E-state index in [0.29, 0.717) is 24.6 Å². The Kier molecular flexibility index (Phi) is 5.31. The molecule has 1 aromatic carbocycles. The van der Waals surface area contributed by atoms with Gasteiger partial charge >= 0.3 is 11.0 Å². The van der Waals surface area contributed by atoms with E-state index >= 15 is 0 Å². The molecule has 0 unspecified atom stereocenters. The van der Waals surface area contributed by atoms with Gasteiger partial charge in [0, 0.05) is 10.6 Å². The largest absolute Gasteiger partial charge is 0.458 e. The highest BCUT2D eigenvalue weighted by Crippen LogP contribution is 2.38. The fourth-order valence-corrected chi connectivity index (χ4v) is 5.62. The number of thioether (sulfide) groups is 1. The van der Waals surface area contributed by atoms with E-state index in [4.69, 9.17) is 4.74 Å². The normalized spacial score (nSPS) is 13.1. The molecule has 7 heteroatoms. The van der Waals surface area contributed by atoms with Crippen molar-refractivity contribution in [1.29, 1.82) is 0 Å². The molecule has 0 aliphatic heterocycles. The summed E-state index contributed by atoms with van der Waals surface area (Å²) < 4.78 is 7.82. The lowest BCUT2D eigenvalue weighted by Gasteiger charge is -2.11. The molecule has 0 amide bonds. The maximum atomic E-state index is 12.9. The molecule has 2 heterocycles. The molecule has 4 rings (SSSR count). The quantitative estimate of drug-likeness (QED) is 0.595. The highest BCUT2D eigenvalue weighted by Gasteiger charge is 2.24. The van der Waals surface area contributed by atoms with Crippen LogP contribution in [0.3, 0.4) is 0 Å². The third kappa shape index (κ3) is 3.66. The number of nitrogens with zero attached hydrogens (tertiary/aromatic N) is 2. The number of aromatic nitrogens is 2. The first-order chi connectivity index (χ1) is 13.2.